The van der Waals surface area contributed by atoms with Crippen molar-refractivity contribution in [1.29, 1.82) is 0 Å². The van der Waals surface area contributed by atoms with E-state index in [-0.39, 0.29) is 0 Å². The second kappa shape index (κ2) is 5.66. The van der Waals surface area contributed by atoms with Gasteiger partial charge in [-0.2, -0.15) is 0 Å². The molecule has 0 saturated carbocycles. The molecule has 1 aromatic heterocycles. The van der Waals surface area contributed by atoms with Crippen molar-refractivity contribution in [3.05, 3.63) is 53.9 Å². The molecule has 0 bridgehead atoms. The van der Waals surface area contributed by atoms with Gasteiger partial charge in [-0.25, -0.2) is 0 Å². The van der Waals surface area contributed by atoms with Crippen molar-refractivity contribution < 1.29 is 14.8 Å². The van der Waals surface area contributed by atoms with Crippen molar-refractivity contribution in [3.63, 3.8) is 0 Å². The highest BCUT2D eigenvalue weighted by Crippen LogP contribution is 2.10. The lowest BCUT2D eigenvalue weighted by atomic mass is 9.82. The van der Waals surface area contributed by atoms with Crippen molar-refractivity contribution in [3.8, 4) is 5.75 Å². The highest BCUT2D eigenvalue weighted by molar-refractivity contribution is 6.58. The molecule has 18 heavy (non-hydrogen) atoms. The predicted molar refractivity (Wildman–Crippen MR) is 69.6 cm³/mol. The third kappa shape index (κ3) is 3.32. The summed E-state index contributed by atoms with van der Waals surface area (Å²) >= 11 is 0. The van der Waals surface area contributed by atoms with E-state index in [2.05, 4.69) is 4.98 Å². The lowest BCUT2D eigenvalue weighted by Gasteiger charge is -2.07. The number of rotatable bonds is 4. The predicted octanol–water partition coefficient (Wildman–Crippen LogP) is 0.649. The smallest absolute Gasteiger partial charge is 0.487 e. The SMILES string of the molecule is Cc1cccc(COc2cncc(B(O)O)c2)c1. The fourth-order valence-electron chi connectivity index (χ4n) is 1.62. The summed E-state index contributed by atoms with van der Waals surface area (Å²) in [5, 5.41) is 18.1. The first-order chi connectivity index (χ1) is 8.65. The number of hydrogen-bond acceptors (Lipinski definition) is 4. The molecule has 0 atom stereocenters. The van der Waals surface area contributed by atoms with Gasteiger partial charge in [-0.15, -0.1) is 0 Å². The number of aryl methyl sites for hydroxylation is 1. The van der Waals surface area contributed by atoms with Crippen molar-refractivity contribution in [2.75, 3.05) is 0 Å². The fourth-order valence-corrected chi connectivity index (χ4v) is 1.62. The molecule has 1 heterocycles. The summed E-state index contributed by atoms with van der Waals surface area (Å²) in [5.74, 6) is 0.516. The van der Waals surface area contributed by atoms with E-state index in [0.29, 0.717) is 17.8 Å². The van der Waals surface area contributed by atoms with Gasteiger partial charge in [-0.3, -0.25) is 4.98 Å². The van der Waals surface area contributed by atoms with Crippen LogP contribution in [0.4, 0.5) is 0 Å². The molecule has 0 aliphatic heterocycles. The molecule has 0 spiro atoms. The number of ether oxygens (including phenoxy) is 1. The molecule has 5 heteroatoms. The minimum Gasteiger partial charge on any atom is -0.487 e. The van der Waals surface area contributed by atoms with Crippen LogP contribution in [-0.2, 0) is 6.61 Å². The third-order valence-corrected chi connectivity index (χ3v) is 2.52. The molecule has 0 unspecified atom stereocenters. The molecule has 0 amide bonds. The van der Waals surface area contributed by atoms with Gasteiger partial charge in [0.2, 0.25) is 0 Å². The summed E-state index contributed by atoms with van der Waals surface area (Å²) in [6, 6.07) is 9.57. The zero-order chi connectivity index (χ0) is 13.0. The highest BCUT2D eigenvalue weighted by atomic mass is 16.5. The third-order valence-electron chi connectivity index (χ3n) is 2.52. The van der Waals surface area contributed by atoms with Gasteiger partial charge in [0.15, 0.2) is 0 Å². The Bertz CT molecular complexity index is 531. The van der Waals surface area contributed by atoms with Crippen LogP contribution in [0.5, 0.6) is 5.75 Å². The van der Waals surface area contributed by atoms with Crippen LogP contribution >= 0.6 is 0 Å². The second-order valence-corrected chi connectivity index (χ2v) is 4.11. The molecule has 0 fully saturated rings. The van der Waals surface area contributed by atoms with Crippen molar-refractivity contribution >= 4 is 12.6 Å². The highest BCUT2D eigenvalue weighted by Gasteiger charge is 2.11. The Morgan fingerprint density at radius 1 is 1.22 bits per heavy atom. The van der Waals surface area contributed by atoms with E-state index in [9.17, 15) is 0 Å². The minimum absolute atomic E-state index is 0.316. The first kappa shape index (κ1) is 12.6. The van der Waals surface area contributed by atoms with Gasteiger partial charge < -0.3 is 14.8 Å². The summed E-state index contributed by atoms with van der Waals surface area (Å²) in [5.41, 5.74) is 2.55. The average Bonchev–Trinajstić information content (AvgIpc) is 2.37. The Hall–Kier alpha value is -1.85. The van der Waals surface area contributed by atoms with Gasteiger partial charge in [0, 0.05) is 11.7 Å². The van der Waals surface area contributed by atoms with Gasteiger partial charge >= 0.3 is 7.12 Å². The number of aromatic nitrogens is 1. The van der Waals surface area contributed by atoms with E-state index in [1.165, 1.54) is 11.8 Å². The summed E-state index contributed by atoms with van der Waals surface area (Å²) < 4.78 is 5.55. The van der Waals surface area contributed by atoms with Crippen molar-refractivity contribution in [2.24, 2.45) is 0 Å². The number of pyridine rings is 1. The van der Waals surface area contributed by atoms with E-state index < -0.39 is 7.12 Å². The van der Waals surface area contributed by atoms with Gasteiger partial charge in [0.1, 0.15) is 12.4 Å². The topological polar surface area (TPSA) is 62.6 Å². The maximum Gasteiger partial charge on any atom is 0.490 e. The zero-order valence-corrected chi connectivity index (χ0v) is 10.1. The van der Waals surface area contributed by atoms with Crippen LogP contribution in [0.1, 0.15) is 11.1 Å². The van der Waals surface area contributed by atoms with Crippen LogP contribution in [0.15, 0.2) is 42.7 Å². The van der Waals surface area contributed by atoms with Crippen LogP contribution in [0.25, 0.3) is 0 Å². The Morgan fingerprint density at radius 3 is 2.78 bits per heavy atom. The molecule has 0 aliphatic carbocycles. The van der Waals surface area contributed by atoms with Crippen LogP contribution in [0, 0.1) is 6.92 Å². The quantitative estimate of drug-likeness (QED) is 0.774. The molecule has 4 nitrogen and oxygen atoms in total. The van der Waals surface area contributed by atoms with Gasteiger partial charge in [-0.1, -0.05) is 29.8 Å². The summed E-state index contributed by atoms with van der Waals surface area (Å²) in [6.45, 7) is 2.45. The minimum atomic E-state index is -1.53. The van der Waals surface area contributed by atoms with Crippen LogP contribution in [-0.4, -0.2) is 22.2 Å². The lowest BCUT2D eigenvalue weighted by molar-refractivity contribution is 0.305. The Morgan fingerprint density at radius 2 is 2.06 bits per heavy atom. The van der Waals surface area contributed by atoms with Gasteiger partial charge in [0.05, 0.1) is 6.20 Å². The normalized spacial score (nSPS) is 10.2. The maximum absolute atomic E-state index is 9.03. The summed E-state index contributed by atoms with van der Waals surface area (Å²) in [7, 11) is -1.53. The molecule has 2 aromatic rings. The fraction of sp³-hybridized carbons (Fsp3) is 0.154. The summed E-state index contributed by atoms with van der Waals surface area (Å²) in [4.78, 5) is 3.89. The van der Waals surface area contributed by atoms with E-state index in [1.807, 2.05) is 31.2 Å². The molecule has 0 saturated heterocycles. The van der Waals surface area contributed by atoms with Crippen molar-refractivity contribution in [1.82, 2.24) is 4.98 Å². The summed E-state index contributed by atoms with van der Waals surface area (Å²) in [6.07, 6.45) is 2.94. The van der Waals surface area contributed by atoms with E-state index in [1.54, 1.807) is 12.3 Å². The first-order valence-corrected chi connectivity index (χ1v) is 5.64. The van der Waals surface area contributed by atoms with E-state index >= 15 is 0 Å². The monoisotopic (exact) mass is 243 g/mol. The zero-order valence-electron chi connectivity index (χ0n) is 10.1. The van der Waals surface area contributed by atoms with Gasteiger partial charge in [-0.05, 0) is 18.6 Å². The van der Waals surface area contributed by atoms with Crippen molar-refractivity contribution in [2.45, 2.75) is 13.5 Å². The molecule has 1 aromatic carbocycles. The van der Waals surface area contributed by atoms with E-state index in [4.69, 9.17) is 14.8 Å². The Balaban J connectivity index is 2.04. The molecule has 2 rings (SSSR count). The number of benzene rings is 1. The molecule has 2 N–H and O–H groups in total. The molecular weight excluding hydrogens is 229 g/mol. The van der Waals surface area contributed by atoms with Gasteiger partial charge in [0.25, 0.3) is 0 Å². The number of nitrogens with zero attached hydrogens (tertiary/aromatic N) is 1. The maximum atomic E-state index is 9.03. The van der Waals surface area contributed by atoms with Crippen LogP contribution in [0.2, 0.25) is 0 Å². The molecular formula is C13H14BNO3. The average molecular weight is 243 g/mol. The Labute approximate surface area is 106 Å². The largest absolute Gasteiger partial charge is 0.490 e. The van der Waals surface area contributed by atoms with E-state index in [0.717, 1.165) is 5.56 Å². The van der Waals surface area contributed by atoms with Crippen LogP contribution in [0.3, 0.4) is 0 Å². The Kier molecular flexibility index (Phi) is 3.97. The first-order valence-electron chi connectivity index (χ1n) is 5.64. The van der Waals surface area contributed by atoms with Crippen LogP contribution < -0.4 is 10.2 Å². The second-order valence-electron chi connectivity index (χ2n) is 4.11. The molecule has 0 radical (unpaired) electrons. The standard InChI is InChI=1S/C13H14BNO3/c1-10-3-2-4-11(5-10)9-18-13-6-12(14(16)17)7-15-8-13/h2-8,16-17H,9H2,1H3. The molecule has 0 aliphatic rings. The molecule has 92 valence electrons. The lowest BCUT2D eigenvalue weighted by Crippen LogP contribution is -2.30. The number of hydrogen-bond donors (Lipinski definition) is 2.